The highest BCUT2D eigenvalue weighted by Crippen LogP contribution is 2.05. The Kier molecular flexibility index (Phi) is 1.66. The molecule has 0 aromatic heterocycles. The lowest BCUT2D eigenvalue weighted by Gasteiger charge is -1.99. The van der Waals surface area contributed by atoms with Gasteiger partial charge in [0, 0.05) is 0 Å². The molecule has 0 aromatic carbocycles. The molecule has 52 valence electrons. The summed E-state index contributed by atoms with van der Waals surface area (Å²) in [5.41, 5.74) is 5.27. The monoisotopic (exact) mass is 132 g/mol. The number of nitrogens with one attached hydrogen (secondary N) is 1. The van der Waals surface area contributed by atoms with Crippen LogP contribution in [-0.2, 0) is 4.79 Å². The Balaban J connectivity index is 2.44. The Morgan fingerprint density at radius 1 is 1.89 bits per heavy atom. The van der Waals surface area contributed by atoms with E-state index < -0.39 is 12.7 Å². The van der Waals surface area contributed by atoms with Crippen molar-refractivity contribution in [1.82, 2.24) is 5.32 Å². The summed E-state index contributed by atoms with van der Waals surface area (Å²) in [6.45, 7) is -0.514. The first-order chi connectivity index (χ1) is 4.24. The molecule has 1 aliphatic rings. The molecular weight excluding hydrogens is 123 g/mol. The average Bonchev–Trinajstić information content (AvgIpc) is 2.13. The molecule has 1 saturated heterocycles. The van der Waals surface area contributed by atoms with Gasteiger partial charge >= 0.3 is 0 Å². The summed E-state index contributed by atoms with van der Waals surface area (Å²) in [7, 11) is 0. The van der Waals surface area contributed by atoms with Crippen LogP contribution in [0.1, 0.15) is 6.42 Å². The molecule has 9 heavy (non-hydrogen) atoms. The van der Waals surface area contributed by atoms with Crippen LogP contribution in [-0.4, -0.2) is 24.7 Å². The lowest BCUT2D eigenvalue weighted by Crippen LogP contribution is -2.31. The van der Waals surface area contributed by atoms with Crippen LogP contribution in [0.3, 0.4) is 0 Å². The first-order valence-corrected chi connectivity index (χ1v) is 2.86. The molecule has 1 aliphatic heterocycles. The van der Waals surface area contributed by atoms with E-state index in [9.17, 15) is 9.18 Å². The molecule has 4 heteroatoms. The first kappa shape index (κ1) is 6.48. The molecule has 3 nitrogen and oxygen atoms in total. The molecule has 0 aromatic rings. The Bertz CT molecular complexity index is 128. The standard InChI is InChI=1S/C5H9FN2O/c6-2-3-1-4(7)5(9)8-3/h3-4H,1-2,7H2,(H,8,9)/t3-,4+/m0/s1. The quantitative estimate of drug-likeness (QED) is 0.489. The molecule has 0 radical (unpaired) electrons. The van der Waals surface area contributed by atoms with Crippen molar-refractivity contribution in [2.24, 2.45) is 5.73 Å². The third-order valence-corrected chi connectivity index (χ3v) is 1.41. The lowest BCUT2D eigenvalue weighted by molar-refractivity contribution is -0.120. The largest absolute Gasteiger partial charge is 0.349 e. The molecule has 0 spiro atoms. The van der Waals surface area contributed by atoms with Gasteiger partial charge in [0.25, 0.3) is 0 Å². The fourth-order valence-corrected chi connectivity index (χ4v) is 0.882. The fourth-order valence-electron chi connectivity index (χ4n) is 0.882. The highest BCUT2D eigenvalue weighted by molar-refractivity contribution is 5.84. The Labute approximate surface area is 52.4 Å². The second-order valence-electron chi connectivity index (χ2n) is 2.20. The molecular formula is C5H9FN2O. The van der Waals surface area contributed by atoms with E-state index in [0.29, 0.717) is 6.42 Å². The predicted molar refractivity (Wildman–Crippen MR) is 30.5 cm³/mol. The highest BCUT2D eigenvalue weighted by atomic mass is 19.1. The van der Waals surface area contributed by atoms with E-state index in [2.05, 4.69) is 5.32 Å². The van der Waals surface area contributed by atoms with Crippen molar-refractivity contribution in [2.45, 2.75) is 18.5 Å². The molecule has 0 aliphatic carbocycles. The van der Waals surface area contributed by atoms with Crippen molar-refractivity contribution in [2.75, 3.05) is 6.67 Å². The second-order valence-corrected chi connectivity index (χ2v) is 2.20. The first-order valence-electron chi connectivity index (χ1n) is 2.86. The normalized spacial score (nSPS) is 34.7. The van der Waals surface area contributed by atoms with E-state index in [1.165, 1.54) is 0 Å². The van der Waals surface area contributed by atoms with Gasteiger partial charge in [-0.25, -0.2) is 4.39 Å². The maximum atomic E-state index is 11.8. The van der Waals surface area contributed by atoms with Gasteiger partial charge in [-0.3, -0.25) is 4.79 Å². The Hall–Kier alpha value is -0.640. The van der Waals surface area contributed by atoms with Crippen LogP contribution >= 0.6 is 0 Å². The maximum absolute atomic E-state index is 11.8. The van der Waals surface area contributed by atoms with Crippen LogP contribution in [0.25, 0.3) is 0 Å². The van der Waals surface area contributed by atoms with E-state index in [1.54, 1.807) is 0 Å². The fraction of sp³-hybridized carbons (Fsp3) is 0.800. The third-order valence-electron chi connectivity index (χ3n) is 1.41. The van der Waals surface area contributed by atoms with Gasteiger partial charge in [-0.1, -0.05) is 0 Å². The summed E-state index contributed by atoms with van der Waals surface area (Å²) < 4.78 is 11.8. The molecule has 1 heterocycles. The summed E-state index contributed by atoms with van der Waals surface area (Å²) in [6, 6.07) is -0.835. The van der Waals surface area contributed by atoms with Gasteiger partial charge in [0.15, 0.2) is 0 Å². The van der Waals surface area contributed by atoms with Gasteiger partial charge < -0.3 is 11.1 Å². The van der Waals surface area contributed by atoms with Crippen molar-refractivity contribution in [3.8, 4) is 0 Å². The Morgan fingerprint density at radius 2 is 2.56 bits per heavy atom. The highest BCUT2D eigenvalue weighted by Gasteiger charge is 2.28. The number of carbonyl (C=O) groups excluding carboxylic acids is 1. The van der Waals surface area contributed by atoms with E-state index in [0.717, 1.165) is 0 Å². The van der Waals surface area contributed by atoms with Crippen LogP contribution in [0.4, 0.5) is 4.39 Å². The van der Waals surface area contributed by atoms with Gasteiger partial charge in [0.2, 0.25) is 5.91 Å². The molecule has 2 atom stereocenters. The molecule has 0 unspecified atom stereocenters. The zero-order valence-corrected chi connectivity index (χ0v) is 4.93. The molecule has 1 rings (SSSR count). The Morgan fingerprint density at radius 3 is 2.78 bits per heavy atom. The number of amides is 1. The number of hydrogen-bond acceptors (Lipinski definition) is 2. The van der Waals surface area contributed by atoms with Crippen molar-refractivity contribution in [1.29, 1.82) is 0 Å². The van der Waals surface area contributed by atoms with Crippen molar-refractivity contribution in [3.63, 3.8) is 0 Å². The van der Waals surface area contributed by atoms with Crippen molar-refractivity contribution < 1.29 is 9.18 Å². The van der Waals surface area contributed by atoms with Gasteiger partial charge in [-0.15, -0.1) is 0 Å². The van der Waals surface area contributed by atoms with Crippen LogP contribution in [0.15, 0.2) is 0 Å². The molecule has 0 bridgehead atoms. The van der Waals surface area contributed by atoms with E-state index in [1.807, 2.05) is 0 Å². The summed E-state index contributed by atoms with van der Waals surface area (Å²) in [5, 5.41) is 2.41. The number of nitrogens with two attached hydrogens (primary N) is 1. The van der Waals surface area contributed by atoms with Gasteiger partial charge in [-0.2, -0.15) is 0 Å². The minimum atomic E-state index is -0.514. The number of rotatable bonds is 1. The zero-order valence-electron chi connectivity index (χ0n) is 4.93. The zero-order chi connectivity index (χ0) is 6.85. The SMILES string of the molecule is N[C@@H]1C[C@@H](CF)NC1=O. The second kappa shape index (κ2) is 2.31. The third kappa shape index (κ3) is 1.18. The number of alkyl halides is 1. The van der Waals surface area contributed by atoms with E-state index in [-0.39, 0.29) is 11.9 Å². The minimum Gasteiger partial charge on any atom is -0.349 e. The summed E-state index contributed by atoms with van der Waals surface area (Å²) in [4.78, 5) is 10.5. The average molecular weight is 132 g/mol. The van der Waals surface area contributed by atoms with Crippen LogP contribution < -0.4 is 11.1 Å². The molecule has 3 N–H and O–H groups in total. The number of carbonyl (C=O) groups is 1. The summed E-state index contributed by atoms with van der Waals surface area (Å²) in [5.74, 6) is -0.238. The summed E-state index contributed by atoms with van der Waals surface area (Å²) >= 11 is 0. The van der Waals surface area contributed by atoms with Crippen LogP contribution in [0.5, 0.6) is 0 Å². The van der Waals surface area contributed by atoms with Gasteiger partial charge in [0.05, 0.1) is 12.1 Å². The van der Waals surface area contributed by atoms with Gasteiger partial charge in [0.1, 0.15) is 6.67 Å². The lowest BCUT2D eigenvalue weighted by atomic mass is 10.2. The summed E-state index contributed by atoms with van der Waals surface area (Å²) in [6.07, 6.45) is 0.426. The van der Waals surface area contributed by atoms with Crippen molar-refractivity contribution in [3.05, 3.63) is 0 Å². The smallest absolute Gasteiger partial charge is 0.237 e. The van der Waals surface area contributed by atoms with Crippen molar-refractivity contribution >= 4 is 5.91 Å². The maximum Gasteiger partial charge on any atom is 0.237 e. The minimum absolute atomic E-state index is 0.238. The predicted octanol–water partition coefficient (Wildman–Crippen LogP) is -0.828. The number of hydrogen-bond donors (Lipinski definition) is 2. The number of halogens is 1. The van der Waals surface area contributed by atoms with Crippen LogP contribution in [0.2, 0.25) is 0 Å². The van der Waals surface area contributed by atoms with E-state index >= 15 is 0 Å². The molecule has 1 fully saturated rings. The topological polar surface area (TPSA) is 55.1 Å². The molecule has 0 saturated carbocycles. The van der Waals surface area contributed by atoms with Gasteiger partial charge in [-0.05, 0) is 6.42 Å². The molecule has 1 amide bonds. The van der Waals surface area contributed by atoms with E-state index in [4.69, 9.17) is 5.73 Å². The van der Waals surface area contributed by atoms with Crippen LogP contribution in [0, 0.1) is 0 Å².